The summed E-state index contributed by atoms with van der Waals surface area (Å²) in [5.41, 5.74) is 1.22. The maximum Gasteiger partial charge on any atom is 0.105 e. The monoisotopic (exact) mass is 202 g/mol. The Kier molecular flexibility index (Phi) is 4.50. The van der Waals surface area contributed by atoms with E-state index in [-0.39, 0.29) is 12.2 Å². The van der Waals surface area contributed by atoms with Crippen molar-refractivity contribution in [3.63, 3.8) is 0 Å². The Balaban J connectivity index is 2.62. The molecule has 0 fully saturated rings. The molecule has 0 heterocycles. The van der Waals surface area contributed by atoms with E-state index in [0.29, 0.717) is 5.88 Å². The van der Waals surface area contributed by atoms with E-state index in [1.807, 2.05) is 12.2 Å². The van der Waals surface area contributed by atoms with Gasteiger partial charge in [0.05, 0.1) is 0 Å². The molecule has 0 N–H and O–H groups in total. The van der Waals surface area contributed by atoms with Crippen LogP contribution in [-0.4, -0.2) is 32.3 Å². The topological polar surface area (TPSA) is 18.5 Å². The molecule has 74 valence electrons. The maximum atomic E-state index is 5.65. The highest BCUT2D eigenvalue weighted by atomic mass is 35.5. The fourth-order valence-electron chi connectivity index (χ4n) is 1.38. The lowest BCUT2D eigenvalue weighted by Crippen LogP contribution is -2.28. The molecular weight excluding hydrogens is 188 g/mol. The van der Waals surface area contributed by atoms with Gasteiger partial charge in [0.1, 0.15) is 12.2 Å². The number of methoxy groups -OCH3 is 2. The SMILES string of the molecule is COC1C=CC(CCCl)=CC1OC. The number of hydrogen-bond donors (Lipinski definition) is 0. The first kappa shape index (κ1) is 10.8. The molecule has 0 amide bonds. The number of hydrogen-bond acceptors (Lipinski definition) is 2. The Morgan fingerprint density at radius 3 is 2.54 bits per heavy atom. The van der Waals surface area contributed by atoms with Gasteiger partial charge in [-0.3, -0.25) is 0 Å². The largest absolute Gasteiger partial charge is 0.374 e. The highest BCUT2D eigenvalue weighted by Gasteiger charge is 2.19. The van der Waals surface area contributed by atoms with Gasteiger partial charge in [0.2, 0.25) is 0 Å². The van der Waals surface area contributed by atoms with Gasteiger partial charge < -0.3 is 9.47 Å². The third kappa shape index (κ3) is 2.83. The van der Waals surface area contributed by atoms with Gasteiger partial charge in [-0.05, 0) is 18.1 Å². The lowest BCUT2D eigenvalue weighted by atomic mass is 10.0. The van der Waals surface area contributed by atoms with Crippen LogP contribution in [0.25, 0.3) is 0 Å². The van der Waals surface area contributed by atoms with E-state index < -0.39 is 0 Å². The second-order valence-electron chi connectivity index (χ2n) is 2.94. The minimum Gasteiger partial charge on any atom is -0.374 e. The molecule has 0 aliphatic heterocycles. The minimum atomic E-state index is 0.0215. The summed E-state index contributed by atoms with van der Waals surface area (Å²) in [6.45, 7) is 0. The normalized spacial score (nSPS) is 27.5. The first-order chi connectivity index (χ1) is 6.31. The van der Waals surface area contributed by atoms with Crippen molar-refractivity contribution in [2.75, 3.05) is 20.1 Å². The van der Waals surface area contributed by atoms with Crippen molar-refractivity contribution in [2.45, 2.75) is 18.6 Å². The summed E-state index contributed by atoms with van der Waals surface area (Å²) in [6, 6.07) is 0. The van der Waals surface area contributed by atoms with Crippen molar-refractivity contribution in [2.24, 2.45) is 0 Å². The first-order valence-electron chi connectivity index (χ1n) is 4.32. The predicted octanol–water partition coefficient (Wildman–Crippen LogP) is 2.14. The van der Waals surface area contributed by atoms with Crippen LogP contribution in [0.2, 0.25) is 0 Å². The number of allylic oxidation sites excluding steroid dienone is 2. The molecule has 0 aromatic carbocycles. The van der Waals surface area contributed by atoms with Crippen LogP contribution in [0.1, 0.15) is 6.42 Å². The van der Waals surface area contributed by atoms with Gasteiger partial charge in [0, 0.05) is 20.1 Å². The highest BCUT2D eigenvalue weighted by Crippen LogP contribution is 2.18. The smallest absolute Gasteiger partial charge is 0.105 e. The average Bonchev–Trinajstić information content (AvgIpc) is 2.18. The van der Waals surface area contributed by atoms with Crippen LogP contribution in [0.15, 0.2) is 23.8 Å². The summed E-state index contributed by atoms with van der Waals surface area (Å²) in [5.74, 6) is 0.643. The van der Waals surface area contributed by atoms with Crippen LogP contribution >= 0.6 is 11.6 Å². The first-order valence-corrected chi connectivity index (χ1v) is 4.85. The second-order valence-corrected chi connectivity index (χ2v) is 3.32. The Bertz CT molecular complexity index is 211. The van der Waals surface area contributed by atoms with E-state index in [1.165, 1.54) is 5.57 Å². The van der Waals surface area contributed by atoms with Gasteiger partial charge in [-0.25, -0.2) is 0 Å². The summed E-state index contributed by atoms with van der Waals surface area (Å²) in [7, 11) is 3.37. The number of halogens is 1. The van der Waals surface area contributed by atoms with Crippen LogP contribution in [0.3, 0.4) is 0 Å². The van der Waals surface area contributed by atoms with Crippen molar-refractivity contribution in [1.82, 2.24) is 0 Å². The van der Waals surface area contributed by atoms with Crippen LogP contribution in [-0.2, 0) is 9.47 Å². The van der Waals surface area contributed by atoms with E-state index >= 15 is 0 Å². The van der Waals surface area contributed by atoms with Crippen molar-refractivity contribution < 1.29 is 9.47 Å². The van der Waals surface area contributed by atoms with E-state index in [0.717, 1.165) is 6.42 Å². The fraction of sp³-hybridized carbons (Fsp3) is 0.600. The Hall–Kier alpha value is -0.310. The van der Waals surface area contributed by atoms with Gasteiger partial charge in [-0.1, -0.05) is 12.2 Å². The van der Waals surface area contributed by atoms with Gasteiger partial charge in [-0.15, -0.1) is 11.6 Å². The Labute approximate surface area is 84.2 Å². The summed E-state index contributed by atoms with van der Waals surface area (Å²) in [6.07, 6.45) is 7.06. The minimum absolute atomic E-state index is 0.0215. The molecule has 13 heavy (non-hydrogen) atoms. The van der Waals surface area contributed by atoms with E-state index in [2.05, 4.69) is 6.08 Å². The standard InChI is InChI=1S/C10H15ClO2/c1-12-9-4-3-8(5-6-11)7-10(9)13-2/h3-4,7,9-10H,5-6H2,1-2H3. The van der Waals surface area contributed by atoms with Gasteiger partial charge in [-0.2, -0.15) is 0 Å². The van der Waals surface area contributed by atoms with E-state index in [4.69, 9.17) is 21.1 Å². The molecule has 1 rings (SSSR count). The van der Waals surface area contributed by atoms with Gasteiger partial charge >= 0.3 is 0 Å². The molecule has 2 nitrogen and oxygen atoms in total. The van der Waals surface area contributed by atoms with Crippen LogP contribution in [0.4, 0.5) is 0 Å². The zero-order valence-corrected chi connectivity index (χ0v) is 8.75. The molecular formula is C10H15ClO2. The number of alkyl halides is 1. The quantitative estimate of drug-likeness (QED) is 0.651. The zero-order valence-electron chi connectivity index (χ0n) is 8.00. The van der Waals surface area contributed by atoms with Crippen molar-refractivity contribution in [3.05, 3.63) is 23.8 Å². The third-order valence-electron chi connectivity index (χ3n) is 2.13. The Morgan fingerprint density at radius 2 is 2.00 bits per heavy atom. The molecule has 0 aromatic rings. The summed E-state index contributed by atoms with van der Waals surface area (Å²) in [4.78, 5) is 0. The molecule has 3 heteroatoms. The molecule has 2 unspecified atom stereocenters. The fourth-order valence-corrected chi connectivity index (χ4v) is 1.60. The van der Waals surface area contributed by atoms with Crippen LogP contribution in [0.5, 0.6) is 0 Å². The number of rotatable bonds is 4. The molecule has 0 saturated heterocycles. The summed E-state index contributed by atoms with van der Waals surface area (Å²) in [5, 5.41) is 0. The average molecular weight is 203 g/mol. The van der Waals surface area contributed by atoms with Crippen LogP contribution in [0, 0.1) is 0 Å². The Morgan fingerprint density at radius 1 is 1.31 bits per heavy atom. The van der Waals surface area contributed by atoms with Gasteiger partial charge in [0.15, 0.2) is 0 Å². The number of ether oxygens (including phenoxy) is 2. The van der Waals surface area contributed by atoms with E-state index in [9.17, 15) is 0 Å². The molecule has 0 aromatic heterocycles. The summed E-state index contributed by atoms with van der Waals surface area (Å²) < 4.78 is 10.5. The molecule has 0 bridgehead atoms. The third-order valence-corrected chi connectivity index (χ3v) is 2.32. The second kappa shape index (κ2) is 5.43. The predicted molar refractivity (Wildman–Crippen MR) is 54.2 cm³/mol. The maximum absolute atomic E-state index is 5.65. The zero-order chi connectivity index (χ0) is 9.68. The lowest BCUT2D eigenvalue weighted by molar-refractivity contribution is 0.0133. The molecule has 1 aliphatic rings. The van der Waals surface area contributed by atoms with Crippen molar-refractivity contribution in [3.8, 4) is 0 Å². The lowest BCUT2D eigenvalue weighted by Gasteiger charge is -2.23. The molecule has 1 aliphatic carbocycles. The van der Waals surface area contributed by atoms with Gasteiger partial charge in [0.25, 0.3) is 0 Å². The molecule has 0 spiro atoms. The highest BCUT2D eigenvalue weighted by molar-refractivity contribution is 6.18. The molecule has 0 saturated carbocycles. The van der Waals surface area contributed by atoms with Crippen molar-refractivity contribution >= 4 is 11.6 Å². The molecule has 0 radical (unpaired) electrons. The van der Waals surface area contributed by atoms with Crippen molar-refractivity contribution in [1.29, 1.82) is 0 Å². The van der Waals surface area contributed by atoms with Crippen LogP contribution < -0.4 is 0 Å². The summed E-state index contributed by atoms with van der Waals surface area (Å²) >= 11 is 5.65. The molecule has 2 atom stereocenters. The van der Waals surface area contributed by atoms with E-state index in [1.54, 1.807) is 14.2 Å².